The summed E-state index contributed by atoms with van der Waals surface area (Å²) < 4.78 is 6.38. The Morgan fingerprint density at radius 2 is 1.57 bits per heavy atom. The van der Waals surface area contributed by atoms with Crippen molar-refractivity contribution in [1.82, 2.24) is 4.98 Å². The highest BCUT2D eigenvalue weighted by Crippen LogP contribution is 2.36. The van der Waals surface area contributed by atoms with E-state index in [0.717, 1.165) is 26.2 Å². The quantitative estimate of drug-likeness (QED) is 0.331. The van der Waals surface area contributed by atoms with Crippen molar-refractivity contribution >= 4 is 55.8 Å². The minimum absolute atomic E-state index is 0.168. The maximum Gasteiger partial charge on any atom is 0.339 e. The first-order valence-electron chi connectivity index (χ1n) is 10.7. The first-order valence-corrected chi connectivity index (χ1v) is 11.6. The maximum absolute atomic E-state index is 13.1. The summed E-state index contributed by atoms with van der Waals surface area (Å²) >= 11 is 1.54. The maximum atomic E-state index is 13.1. The van der Waals surface area contributed by atoms with Crippen molar-refractivity contribution < 1.29 is 19.1 Å². The summed E-state index contributed by atoms with van der Waals surface area (Å²) in [6.07, 6.45) is 0. The average Bonchev–Trinajstić information content (AvgIpc) is 3.31. The highest BCUT2D eigenvalue weighted by Gasteiger charge is 2.19. The molecule has 0 unspecified atom stereocenters. The van der Waals surface area contributed by atoms with Gasteiger partial charge in [0.1, 0.15) is 5.01 Å². The van der Waals surface area contributed by atoms with Crippen LogP contribution >= 0.6 is 11.3 Å². The predicted molar refractivity (Wildman–Crippen MR) is 136 cm³/mol. The number of ether oxygens (including phenoxy) is 1. The van der Waals surface area contributed by atoms with Gasteiger partial charge >= 0.3 is 5.97 Å². The molecule has 8 heteroatoms. The first-order chi connectivity index (χ1) is 17.0. The number of esters is 1. The number of aromatic nitrogens is 1. The molecule has 0 spiro atoms. The third kappa shape index (κ3) is 4.47. The molecule has 1 heterocycles. The number of anilines is 1. The van der Waals surface area contributed by atoms with E-state index in [-0.39, 0.29) is 11.3 Å². The third-order valence-corrected chi connectivity index (χ3v) is 6.52. The zero-order chi connectivity index (χ0) is 24.4. The van der Waals surface area contributed by atoms with Gasteiger partial charge in [0.05, 0.1) is 27.0 Å². The second-order valence-corrected chi connectivity index (χ2v) is 8.76. The van der Waals surface area contributed by atoms with Gasteiger partial charge in [-0.3, -0.25) is 9.59 Å². The fourth-order valence-electron chi connectivity index (χ4n) is 3.88. The largest absolute Gasteiger partial charge is 0.452 e. The van der Waals surface area contributed by atoms with Gasteiger partial charge in [0, 0.05) is 10.9 Å². The Hall–Kier alpha value is -4.56. The van der Waals surface area contributed by atoms with Gasteiger partial charge in [0.2, 0.25) is 0 Å². The van der Waals surface area contributed by atoms with Gasteiger partial charge in [0.25, 0.3) is 11.8 Å². The van der Waals surface area contributed by atoms with E-state index in [1.165, 1.54) is 6.07 Å². The molecular weight excluding hydrogens is 462 g/mol. The molecule has 0 atom stereocenters. The summed E-state index contributed by atoms with van der Waals surface area (Å²) in [5.74, 6) is -1.89. The van der Waals surface area contributed by atoms with Crippen LogP contribution in [0, 0.1) is 0 Å². The van der Waals surface area contributed by atoms with Crippen molar-refractivity contribution in [3.63, 3.8) is 0 Å². The average molecular weight is 482 g/mol. The van der Waals surface area contributed by atoms with E-state index in [1.807, 2.05) is 48.5 Å². The van der Waals surface area contributed by atoms with Crippen LogP contribution in [0.3, 0.4) is 0 Å². The number of nitrogens with zero attached hydrogens (tertiary/aromatic N) is 1. The normalized spacial score (nSPS) is 10.9. The topological polar surface area (TPSA) is 111 Å². The van der Waals surface area contributed by atoms with Gasteiger partial charge in [-0.25, -0.2) is 9.78 Å². The summed E-state index contributed by atoms with van der Waals surface area (Å²) in [5.41, 5.74) is 7.81. The van der Waals surface area contributed by atoms with Crippen LogP contribution in [-0.2, 0) is 9.53 Å². The molecule has 0 aliphatic carbocycles. The second-order valence-electron chi connectivity index (χ2n) is 7.73. The molecule has 0 saturated carbocycles. The Bertz CT molecular complexity index is 1570. The number of carbonyl (C=O) groups excluding carboxylic acids is 3. The number of hydrogen-bond donors (Lipinski definition) is 2. The Morgan fingerprint density at radius 1 is 0.857 bits per heavy atom. The number of fused-ring (bicyclic) bond motifs is 2. The van der Waals surface area contributed by atoms with Crippen LogP contribution in [0.2, 0.25) is 0 Å². The Kier molecular flexibility index (Phi) is 5.95. The minimum Gasteiger partial charge on any atom is -0.452 e. The van der Waals surface area contributed by atoms with Crippen LogP contribution in [0.5, 0.6) is 0 Å². The summed E-state index contributed by atoms with van der Waals surface area (Å²) in [7, 11) is 0. The minimum atomic E-state index is -0.670. The Morgan fingerprint density at radius 3 is 2.37 bits per heavy atom. The van der Waals surface area contributed by atoms with E-state index in [4.69, 9.17) is 15.5 Å². The van der Waals surface area contributed by atoms with Gasteiger partial charge < -0.3 is 15.8 Å². The van der Waals surface area contributed by atoms with Crippen molar-refractivity contribution in [2.24, 2.45) is 5.73 Å². The highest BCUT2D eigenvalue weighted by atomic mass is 32.1. The van der Waals surface area contributed by atoms with Crippen LogP contribution in [0.1, 0.15) is 20.7 Å². The molecule has 0 radical (unpaired) electrons. The molecule has 172 valence electrons. The van der Waals surface area contributed by atoms with Crippen molar-refractivity contribution in [1.29, 1.82) is 0 Å². The SMILES string of the molecule is NC(=O)c1ccccc1NC(=O)COC(=O)c1cccc2cccc(-c3nc4ccccc4s3)c12. The predicted octanol–water partition coefficient (Wildman–Crippen LogP) is 5.01. The Labute approximate surface area is 204 Å². The number of rotatable bonds is 6. The number of benzene rings is 4. The van der Waals surface area contributed by atoms with Gasteiger partial charge in [-0.15, -0.1) is 11.3 Å². The number of nitrogens with one attached hydrogen (secondary N) is 1. The molecule has 0 fully saturated rings. The number of primary amides is 1. The zero-order valence-electron chi connectivity index (χ0n) is 18.4. The third-order valence-electron chi connectivity index (χ3n) is 5.45. The number of carbonyl (C=O) groups is 3. The summed E-state index contributed by atoms with van der Waals surface area (Å²) in [4.78, 5) is 41.8. The molecule has 1 aromatic heterocycles. The zero-order valence-corrected chi connectivity index (χ0v) is 19.2. The molecule has 5 aromatic rings. The van der Waals surface area contributed by atoms with Crippen molar-refractivity contribution in [2.75, 3.05) is 11.9 Å². The van der Waals surface area contributed by atoms with E-state index in [9.17, 15) is 14.4 Å². The molecular formula is C27H19N3O4S. The lowest BCUT2D eigenvalue weighted by molar-refractivity contribution is -0.119. The Balaban J connectivity index is 1.41. The molecule has 5 rings (SSSR count). The standard InChI is InChI=1S/C27H19N3O4S/c28-25(32)17-9-1-2-12-20(17)29-23(31)15-34-27(33)19-11-6-8-16-7-5-10-18(24(16)19)26-30-21-13-3-4-14-22(21)35-26/h1-14H,15H2,(H2,28,32)(H,29,31). The van der Waals surface area contributed by atoms with E-state index < -0.39 is 24.4 Å². The fraction of sp³-hybridized carbons (Fsp3) is 0.0370. The first kappa shape index (κ1) is 22.2. The number of nitrogens with two attached hydrogens (primary N) is 1. The van der Waals surface area contributed by atoms with Crippen molar-refractivity contribution in [2.45, 2.75) is 0 Å². The van der Waals surface area contributed by atoms with Crippen LogP contribution in [0.15, 0.2) is 84.9 Å². The smallest absolute Gasteiger partial charge is 0.339 e. The molecule has 2 amide bonds. The van der Waals surface area contributed by atoms with E-state index >= 15 is 0 Å². The van der Waals surface area contributed by atoms with Crippen LogP contribution < -0.4 is 11.1 Å². The molecule has 4 aromatic carbocycles. The monoisotopic (exact) mass is 481 g/mol. The molecule has 0 aliphatic heterocycles. The van der Waals surface area contributed by atoms with Gasteiger partial charge in [-0.2, -0.15) is 0 Å². The number of amides is 2. The van der Waals surface area contributed by atoms with Crippen molar-refractivity contribution in [3.8, 4) is 10.6 Å². The highest BCUT2D eigenvalue weighted by molar-refractivity contribution is 7.21. The van der Waals surface area contributed by atoms with Crippen molar-refractivity contribution in [3.05, 3.63) is 96.1 Å². The number of para-hydroxylation sites is 2. The van der Waals surface area contributed by atoms with Crippen LogP contribution in [-0.4, -0.2) is 29.4 Å². The van der Waals surface area contributed by atoms with Gasteiger partial charge in [-0.05, 0) is 35.7 Å². The summed E-state index contributed by atoms with van der Waals surface area (Å²) in [6.45, 7) is -0.522. The lowest BCUT2D eigenvalue weighted by atomic mass is 9.99. The molecule has 0 saturated heterocycles. The number of hydrogen-bond acceptors (Lipinski definition) is 6. The van der Waals surface area contributed by atoms with E-state index in [1.54, 1.807) is 41.7 Å². The fourth-order valence-corrected chi connectivity index (χ4v) is 4.88. The second kappa shape index (κ2) is 9.36. The van der Waals surface area contributed by atoms with Crippen LogP contribution in [0.4, 0.5) is 5.69 Å². The summed E-state index contributed by atoms with van der Waals surface area (Å²) in [6, 6.07) is 25.3. The lowest BCUT2D eigenvalue weighted by Crippen LogP contribution is -2.23. The molecule has 7 nitrogen and oxygen atoms in total. The van der Waals surface area contributed by atoms with Crippen LogP contribution in [0.25, 0.3) is 31.6 Å². The molecule has 35 heavy (non-hydrogen) atoms. The lowest BCUT2D eigenvalue weighted by Gasteiger charge is -2.11. The molecule has 3 N–H and O–H groups in total. The van der Waals surface area contributed by atoms with E-state index in [2.05, 4.69) is 5.32 Å². The molecule has 0 bridgehead atoms. The van der Waals surface area contributed by atoms with E-state index in [0.29, 0.717) is 10.9 Å². The number of thiazole rings is 1. The van der Waals surface area contributed by atoms with Gasteiger partial charge in [-0.1, -0.05) is 54.6 Å². The van der Waals surface area contributed by atoms with Gasteiger partial charge in [0.15, 0.2) is 6.61 Å². The summed E-state index contributed by atoms with van der Waals surface area (Å²) in [5, 5.41) is 4.92. The molecule has 0 aliphatic rings.